The van der Waals surface area contributed by atoms with Crippen molar-refractivity contribution in [1.29, 1.82) is 0 Å². The van der Waals surface area contributed by atoms with Crippen LogP contribution >= 0.6 is 0 Å². The van der Waals surface area contributed by atoms with Gasteiger partial charge in [-0.25, -0.2) is 0 Å². The largest absolute Gasteiger partial charge is 0.409 e. The first-order chi connectivity index (χ1) is 10.0. The van der Waals surface area contributed by atoms with E-state index in [1.807, 2.05) is 12.1 Å². The minimum Gasteiger partial charge on any atom is -0.409 e. The van der Waals surface area contributed by atoms with E-state index in [0.29, 0.717) is 17.7 Å². The van der Waals surface area contributed by atoms with Crippen molar-refractivity contribution in [3.05, 3.63) is 29.6 Å². The molecule has 118 valence electrons. The topological polar surface area (TPSA) is 74.7 Å². The van der Waals surface area contributed by atoms with Crippen LogP contribution in [0.3, 0.4) is 0 Å². The van der Waals surface area contributed by atoms with Crippen molar-refractivity contribution >= 4 is 5.84 Å². The number of hydrogen-bond acceptors (Lipinski definition) is 4. The SMILES string of the molecule is CCC(CC)N(Cc1ccnc(C(N)=NO)c1)CC(C)C. The summed E-state index contributed by atoms with van der Waals surface area (Å²) in [7, 11) is 0. The fourth-order valence-electron chi connectivity index (χ4n) is 2.62. The summed E-state index contributed by atoms with van der Waals surface area (Å²) in [5.74, 6) is 0.672. The molecule has 0 aliphatic heterocycles. The monoisotopic (exact) mass is 292 g/mol. The Bertz CT molecular complexity index is 455. The summed E-state index contributed by atoms with van der Waals surface area (Å²) in [4.78, 5) is 6.64. The first-order valence-corrected chi connectivity index (χ1v) is 7.68. The second kappa shape index (κ2) is 8.62. The van der Waals surface area contributed by atoms with Gasteiger partial charge in [0.05, 0.1) is 0 Å². The highest BCUT2D eigenvalue weighted by Crippen LogP contribution is 2.16. The zero-order valence-electron chi connectivity index (χ0n) is 13.6. The standard InChI is InChI=1S/C16H28N4O/c1-5-14(6-2)20(10-12(3)4)11-13-7-8-18-15(9-13)16(17)19-21/h7-9,12,14,21H,5-6,10-11H2,1-4H3,(H2,17,19). The smallest absolute Gasteiger partial charge is 0.188 e. The number of rotatable bonds is 8. The van der Waals surface area contributed by atoms with Crippen LogP contribution in [0, 0.1) is 5.92 Å². The molecule has 21 heavy (non-hydrogen) atoms. The van der Waals surface area contributed by atoms with Crippen molar-refractivity contribution in [2.24, 2.45) is 16.8 Å². The van der Waals surface area contributed by atoms with Gasteiger partial charge in [-0.05, 0) is 36.5 Å². The lowest BCUT2D eigenvalue weighted by Gasteiger charge is -2.32. The van der Waals surface area contributed by atoms with Crippen LogP contribution in [0.4, 0.5) is 0 Å². The van der Waals surface area contributed by atoms with Crippen LogP contribution in [-0.2, 0) is 6.54 Å². The summed E-state index contributed by atoms with van der Waals surface area (Å²) < 4.78 is 0. The van der Waals surface area contributed by atoms with Gasteiger partial charge in [-0.15, -0.1) is 0 Å². The van der Waals surface area contributed by atoms with E-state index in [4.69, 9.17) is 10.9 Å². The molecule has 0 bridgehead atoms. The minimum absolute atomic E-state index is 0.0507. The van der Waals surface area contributed by atoms with Crippen LogP contribution < -0.4 is 5.73 Å². The minimum atomic E-state index is 0.0507. The van der Waals surface area contributed by atoms with Gasteiger partial charge in [-0.3, -0.25) is 9.88 Å². The number of oxime groups is 1. The van der Waals surface area contributed by atoms with Crippen LogP contribution in [-0.4, -0.2) is 33.5 Å². The predicted octanol–water partition coefficient (Wildman–Crippen LogP) is 2.82. The van der Waals surface area contributed by atoms with Crippen molar-refractivity contribution in [2.75, 3.05) is 6.54 Å². The van der Waals surface area contributed by atoms with Crippen molar-refractivity contribution in [1.82, 2.24) is 9.88 Å². The summed E-state index contributed by atoms with van der Waals surface area (Å²) in [6.07, 6.45) is 3.99. The first-order valence-electron chi connectivity index (χ1n) is 7.68. The molecule has 0 amide bonds. The summed E-state index contributed by atoms with van der Waals surface area (Å²) in [5, 5.41) is 11.8. The maximum Gasteiger partial charge on any atom is 0.188 e. The molecule has 0 aliphatic rings. The normalized spacial score (nSPS) is 12.6. The molecular formula is C16H28N4O. The maximum absolute atomic E-state index is 8.76. The second-order valence-corrected chi connectivity index (χ2v) is 5.83. The molecule has 1 rings (SSSR count). The number of hydrogen-bond donors (Lipinski definition) is 2. The Labute approximate surface area is 127 Å². The third-order valence-corrected chi connectivity index (χ3v) is 3.64. The molecule has 5 heteroatoms. The van der Waals surface area contributed by atoms with E-state index < -0.39 is 0 Å². The molecule has 0 saturated carbocycles. The predicted molar refractivity (Wildman–Crippen MR) is 86.4 cm³/mol. The Morgan fingerprint density at radius 2 is 2.05 bits per heavy atom. The highest BCUT2D eigenvalue weighted by Gasteiger charge is 2.17. The molecule has 5 nitrogen and oxygen atoms in total. The fourth-order valence-corrected chi connectivity index (χ4v) is 2.62. The number of nitrogens with two attached hydrogens (primary N) is 1. The Hall–Kier alpha value is -1.62. The third-order valence-electron chi connectivity index (χ3n) is 3.64. The number of amidine groups is 1. The van der Waals surface area contributed by atoms with Gasteiger partial charge < -0.3 is 10.9 Å². The average molecular weight is 292 g/mol. The van der Waals surface area contributed by atoms with Crippen LogP contribution in [0.1, 0.15) is 51.8 Å². The zero-order chi connectivity index (χ0) is 15.8. The highest BCUT2D eigenvalue weighted by atomic mass is 16.4. The molecule has 1 heterocycles. The molecule has 0 spiro atoms. The Morgan fingerprint density at radius 3 is 2.57 bits per heavy atom. The van der Waals surface area contributed by atoms with E-state index in [2.05, 4.69) is 42.7 Å². The molecule has 0 fully saturated rings. The van der Waals surface area contributed by atoms with Crippen LogP contribution in [0.2, 0.25) is 0 Å². The molecule has 0 atom stereocenters. The van der Waals surface area contributed by atoms with E-state index in [0.717, 1.165) is 31.5 Å². The summed E-state index contributed by atoms with van der Waals surface area (Å²) in [6, 6.07) is 4.46. The molecule has 3 N–H and O–H groups in total. The van der Waals surface area contributed by atoms with Crippen molar-refractivity contribution < 1.29 is 5.21 Å². The van der Waals surface area contributed by atoms with Gasteiger partial charge in [0, 0.05) is 25.3 Å². The van der Waals surface area contributed by atoms with E-state index in [-0.39, 0.29) is 5.84 Å². The van der Waals surface area contributed by atoms with Crippen LogP contribution in [0.5, 0.6) is 0 Å². The van der Waals surface area contributed by atoms with Crippen molar-refractivity contribution in [3.8, 4) is 0 Å². The zero-order valence-corrected chi connectivity index (χ0v) is 13.6. The summed E-state index contributed by atoms with van der Waals surface area (Å²) in [5.41, 5.74) is 7.27. The molecule has 0 aliphatic carbocycles. The van der Waals surface area contributed by atoms with E-state index >= 15 is 0 Å². The lowest BCUT2D eigenvalue weighted by molar-refractivity contribution is 0.157. The summed E-state index contributed by atoms with van der Waals surface area (Å²) >= 11 is 0. The average Bonchev–Trinajstić information content (AvgIpc) is 2.47. The van der Waals surface area contributed by atoms with Gasteiger partial charge in [-0.2, -0.15) is 0 Å². The Morgan fingerprint density at radius 1 is 1.38 bits per heavy atom. The van der Waals surface area contributed by atoms with E-state index in [1.165, 1.54) is 0 Å². The van der Waals surface area contributed by atoms with Crippen LogP contribution in [0.15, 0.2) is 23.5 Å². The molecule has 0 aromatic carbocycles. The molecule has 1 aromatic heterocycles. The number of pyridine rings is 1. The highest BCUT2D eigenvalue weighted by molar-refractivity contribution is 5.95. The molecular weight excluding hydrogens is 264 g/mol. The van der Waals surface area contributed by atoms with Gasteiger partial charge in [0.25, 0.3) is 0 Å². The summed E-state index contributed by atoms with van der Waals surface area (Å²) in [6.45, 7) is 10.9. The number of nitrogens with zero attached hydrogens (tertiary/aromatic N) is 3. The van der Waals surface area contributed by atoms with Gasteiger partial charge in [0.15, 0.2) is 5.84 Å². The first kappa shape index (κ1) is 17.4. The fraction of sp³-hybridized carbons (Fsp3) is 0.625. The lowest BCUT2D eigenvalue weighted by Crippen LogP contribution is -2.36. The van der Waals surface area contributed by atoms with Gasteiger partial charge >= 0.3 is 0 Å². The number of aromatic nitrogens is 1. The van der Waals surface area contributed by atoms with E-state index in [1.54, 1.807) is 6.20 Å². The lowest BCUT2D eigenvalue weighted by atomic mass is 10.1. The molecule has 1 aromatic rings. The second-order valence-electron chi connectivity index (χ2n) is 5.83. The Kier molecular flexibility index (Phi) is 7.15. The van der Waals surface area contributed by atoms with Crippen molar-refractivity contribution in [3.63, 3.8) is 0 Å². The molecule has 0 unspecified atom stereocenters. The third kappa shape index (κ3) is 5.34. The quantitative estimate of drug-likeness (QED) is 0.334. The van der Waals surface area contributed by atoms with Crippen LogP contribution in [0.25, 0.3) is 0 Å². The maximum atomic E-state index is 8.76. The van der Waals surface area contributed by atoms with Gasteiger partial charge in [-0.1, -0.05) is 32.9 Å². The Balaban J connectivity index is 2.92. The molecule has 0 saturated heterocycles. The van der Waals surface area contributed by atoms with Gasteiger partial charge in [0.1, 0.15) is 5.69 Å². The molecule has 0 radical (unpaired) electrons. The van der Waals surface area contributed by atoms with E-state index in [9.17, 15) is 0 Å². The van der Waals surface area contributed by atoms with Gasteiger partial charge in [0.2, 0.25) is 0 Å². The van der Waals surface area contributed by atoms with Crippen molar-refractivity contribution in [2.45, 2.75) is 53.1 Å².